The summed E-state index contributed by atoms with van der Waals surface area (Å²) < 4.78 is 0. The smallest absolute Gasteiger partial charge is 0.253 e. The van der Waals surface area contributed by atoms with Crippen LogP contribution in [0.4, 0.5) is 0 Å². The zero-order valence-electron chi connectivity index (χ0n) is 13.3. The van der Waals surface area contributed by atoms with Crippen LogP contribution in [0.3, 0.4) is 0 Å². The van der Waals surface area contributed by atoms with Crippen LogP contribution >= 0.6 is 0 Å². The standard InChI is InChI=1S/C20H20N2O2/c23-18(14-6-2-1-3-7-14)20(10-11-20)13-22-19(24)16-12-21-17-9-5-4-8-15(16)17/h1-9,12,18,21,23H,10-11,13H2,(H,22,24)/t18-/m1/s1. The molecule has 4 heteroatoms. The Morgan fingerprint density at radius 2 is 1.83 bits per heavy atom. The second kappa shape index (κ2) is 5.80. The highest BCUT2D eigenvalue weighted by atomic mass is 16.3. The van der Waals surface area contributed by atoms with Crippen LogP contribution in [0.15, 0.2) is 60.8 Å². The quantitative estimate of drug-likeness (QED) is 0.674. The molecule has 1 aromatic heterocycles. The molecule has 0 radical (unpaired) electrons. The Labute approximate surface area is 140 Å². The van der Waals surface area contributed by atoms with Crippen LogP contribution in [-0.2, 0) is 0 Å². The molecular formula is C20H20N2O2. The van der Waals surface area contributed by atoms with Crippen molar-refractivity contribution in [2.75, 3.05) is 6.54 Å². The van der Waals surface area contributed by atoms with E-state index >= 15 is 0 Å². The Kier molecular flexibility index (Phi) is 3.62. The lowest BCUT2D eigenvalue weighted by molar-refractivity contribution is 0.0809. The predicted octanol–water partition coefficient (Wildman–Crippen LogP) is 3.41. The number of rotatable bonds is 5. The summed E-state index contributed by atoms with van der Waals surface area (Å²) in [5, 5.41) is 14.6. The summed E-state index contributed by atoms with van der Waals surface area (Å²) in [7, 11) is 0. The second-order valence-electron chi connectivity index (χ2n) is 6.61. The highest BCUT2D eigenvalue weighted by Gasteiger charge is 2.49. The summed E-state index contributed by atoms with van der Waals surface area (Å²) in [5.74, 6) is -0.0982. The van der Waals surface area contributed by atoms with Gasteiger partial charge >= 0.3 is 0 Å². The molecule has 1 amide bonds. The van der Waals surface area contributed by atoms with Crippen molar-refractivity contribution >= 4 is 16.8 Å². The average molecular weight is 320 g/mol. The highest BCUT2D eigenvalue weighted by Crippen LogP contribution is 2.54. The average Bonchev–Trinajstić information content (AvgIpc) is 3.31. The van der Waals surface area contributed by atoms with Gasteiger partial charge in [-0.2, -0.15) is 0 Å². The number of hydrogen-bond donors (Lipinski definition) is 3. The number of amides is 1. The van der Waals surface area contributed by atoms with Gasteiger partial charge in [0, 0.05) is 29.1 Å². The molecule has 0 unspecified atom stereocenters. The van der Waals surface area contributed by atoms with Crippen LogP contribution in [0.5, 0.6) is 0 Å². The van der Waals surface area contributed by atoms with Crippen molar-refractivity contribution in [3.05, 3.63) is 71.9 Å². The monoisotopic (exact) mass is 320 g/mol. The Morgan fingerprint density at radius 1 is 1.12 bits per heavy atom. The van der Waals surface area contributed by atoms with Gasteiger partial charge in [0.05, 0.1) is 11.7 Å². The van der Waals surface area contributed by atoms with Crippen LogP contribution in [0.25, 0.3) is 10.9 Å². The van der Waals surface area contributed by atoms with Crippen LogP contribution in [0.2, 0.25) is 0 Å². The van der Waals surface area contributed by atoms with Crippen molar-refractivity contribution in [1.82, 2.24) is 10.3 Å². The molecule has 0 aliphatic heterocycles. The van der Waals surface area contributed by atoms with Crippen molar-refractivity contribution in [2.45, 2.75) is 18.9 Å². The van der Waals surface area contributed by atoms with Crippen LogP contribution in [0, 0.1) is 5.41 Å². The van der Waals surface area contributed by atoms with E-state index in [2.05, 4.69) is 10.3 Å². The Hall–Kier alpha value is -2.59. The van der Waals surface area contributed by atoms with E-state index in [9.17, 15) is 9.90 Å². The number of H-pyrrole nitrogens is 1. The summed E-state index contributed by atoms with van der Waals surface area (Å²) in [4.78, 5) is 15.7. The number of para-hydroxylation sites is 1. The summed E-state index contributed by atoms with van der Waals surface area (Å²) in [5.41, 5.74) is 2.28. The van der Waals surface area contributed by atoms with E-state index in [0.717, 1.165) is 29.3 Å². The van der Waals surface area contributed by atoms with E-state index in [0.29, 0.717) is 12.1 Å². The molecule has 4 rings (SSSR count). The maximum atomic E-state index is 12.5. The minimum atomic E-state index is -0.540. The number of fused-ring (bicyclic) bond motifs is 1. The number of aliphatic hydroxyl groups is 1. The third-order valence-corrected chi connectivity index (χ3v) is 5.02. The minimum Gasteiger partial charge on any atom is -0.388 e. The van der Waals surface area contributed by atoms with E-state index < -0.39 is 6.10 Å². The zero-order chi connectivity index (χ0) is 16.6. The molecule has 3 aromatic rings. The van der Waals surface area contributed by atoms with Crippen molar-refractivity contribution in [1.29, 1.82) is 0 Å². The summed E-state index contributed by atoms with van der Waals surface area (Å²) in [6, 6.07) is 17.4. The van der Waals surface area contributed by atoms with Crippen LogP contribution < -0.4 is 5.32 Å². The SMILES string of the molecule is O=C(NCC1([C@H](O)c2ccccc2)CC1)c1c[nH]c2ccccc12. The first kappa shape index (κ1) is 15.0. The van der Waals surface area contributed by atoms with Crippen LogP contribution in [0.1, 0.15) is 34.9 Å². The minimum absolute atomic E-state index is 0.0982. The lowest BCUT2D eigenvalue weighted by atomic mass is 9.92. The van der Waals surface area contributed by atoms with Gasteiger partial charge in [0.15, 0.2) is 0 Å². The van der Waals surface area contributed by atoms with Crippen molar-refractivity contribution in [3.63, 3.8) is 0 Å². The predicted molar refractivity (Wildman–Crippen MR) is 93.7 cm³/mol. The van der Waals surface area contributed by atoms with Gasteiger partial charge in [0.1, 0.15) is 0 Å². The molecule has 1 saturated carbocycles. The number of carbonyl (C=O) groups is 1. The Morgan fingerprint density at radius 3 is 2.58 bits per heavy atom. The number of hydrogen-bond acceptors (Lipinski definition) is 2. The molecule has 4 nitrogen and oxygen atoms in total. The molecule has 1 aliphatic carbocycles. The van der Waals surface area contributed by atoms with Crippen molar-refractivity contribution < 1.29 is 9.90 Å². The second-order valence-corrected chi connectivity index (χ2v) is 6.61. The fourth-order valence-corrected chi connectivity index (χ4v) is 3.31. The van der Waals surface area contributed by atoms with E-state index in [-0.39, 0.29) is 11.3 Å². The molecule has 1 fully saturated rings. The maximum absolute atomic E-state index is 12.5. The number of nitrogens with one attached hydrogen (secondary N) is 2. The summed E-state index contributed by atoms with van der Waals surface area (Å²) >= 11 is 0. The van der Waals surface area contributed by atoms with E-state index in [1.54, 1.807) is 6.20 Å². The van der Waals surface area contributed by atoms with Gasteiger partial charge in [-0.25, -0.2) is 0 Å². The van der Waals surface area contributed by atoms with Gasteiger partial charge in [-0.15, -0.1) is 0 Å². The van der Waals surface area contributed by atoms with Gasteiger partial charge < -0.3 is 15.4 Å². The summed E-state index contributed by atoms with van der Waals surface area (Å²) in [6.07, 6.45) is 3.06. The first-order chi connectivity index (χ1) is 11.7. The van der Waals surface area contributed by atoms with Gasteiger partial charge in [0.2, 0.25) is 0 Å². The third kappa shape index (κ3) is 2.59. The van der Waals surface area contributed by atoms with Gasteiger partial charge in [0.25, 0.3) is 5.91 Å². The number of aromatic nitrogens is 1. The molecule has 1 aliphatic rings. The van der Waals surface area contributed by atoms with Crippen molar-refractivity contribution in [3.8, 4) is 0 Å². The van der Waals surface area contributed by atoms with E-state index in [1.807, 2.05) is 54.6 Å². The first-order valence-corrected chi connectivity index (χ1v) is 8.27. The first-order valence-electron chi connectivity index (χ1n) is 8.27. The number of aromatic amines is 1. The Bertz CT molecular complexity index is 865. The lowest BCUT2D eigenvalue weighted by Crippen LogP contribution is -2.33. The molecule has 1 atom stereocenters. The maximum Gasteiger partial charge on any atom is 0.253 e. The summed E-state index contributed by atoms with van der Waals surface area (Å²) in [6.45, 7) is 0.488. The molecule has 0 spiro atoms. The molecule has 24 heavy (non-hydrogen) atoms. The fourth-order valence-electron chi connectivity index (χ4n) is 3.31. The van der Waals surface area contributed by atoms with Crippen LogP contribution in [-0.4, -0.2) is 22.5 Å². The van der Waals surface area contributed by atoms with Gasteiger partial charge in [-0.1, -0.05) is 48.5 Å². The molecular weight excluding hydrogens is 300 g/mol. The highest BCUT2D eigenvalue weighted by molar-refractivity contribution is 6.06. The van der Waals surface area contributed by atoms with Gasteiger partial charge in [-0.05, 0) is 24.5 Å². The fraction of sp³-hybridized carbons (Fsp3) is 0.250. The van der Waals surface area contributed by atoms with E-state index in [4.69, 9.17) is 0 Å². The molecule has 3 N–H and O–H groups in total. The lowest BCUT2D eigenvalue weighted by Gasteiger charge is -2.23. The number of aliphatic hydroxyl groups excluding tert-OH is 1. The van der Waals surface area contributed by atoms with E-state index in [1.165, 1.54) is 0 Å². The van der Waals surface area contributed by atoms with Gasteiger partial charge in [-0.3, -0.25) is 4.79 Å². The molecule has 2 aromatic carbocycles. The largest absolute Gasteiger partial charge is 0.388 e. The molecule has 1 heterocycles. The molecule has 0 saturated heterocycles. The van der Waals surface area contributed by atoms with Crippen molar-refractivity contribution in [2.24, 2.45) is 5.41 Å². The molecule has 122 valence electrons. The number of carbonyl (C=O) groups excluding carboxylic acids is 1. The third-order valence-electron chi connectivity index (χ3n) is 5.02. The molecule has 0 bridgehead atoms. The normalized spacial score (nSPS) is 16.7. The topological polar surface area (TPSA) is 65.1 Å². The Balaban J connectivity index is 1.47. The number of benzene rings is 2. The zero-order valence-corrected chi connectivity index (χ0v) is 13.3.